The summed E-state index contributed by atoms with van der Waals surface area (Å²) >= 11 is 0. The second-order valence-corrected chi connectivity index (χ2v) is 6.84. The lowest BCUT2D eigenvalue weighted by atomic mass is 9.62. The zero-order valence-electron chi connectivity index (χ0n) is 14.5. The van der Waals surface area contributed by atoms with E-state index in [4.69, 9.17) is 20.8 Å². The molecule has 0 aromatic heterocycles. The number of hydrogen-bond acceptors (Lipinski definition) is 2. The third-order valence-electron chi connectivity index (χ3n) is 4.95. The molecule has 0 spiro atoms. The van der Waals surface area contributed by atoms with Gasteiger partial charge in [-0.05, 0) is 42.8 Å². The summed E-state index contributed by atoms with van der Waals surface area (Å²) in [6.07, 6.45) is 1.87. The van der Waals surface area contributed by atoms with Gasteiger partial charge in [0.05, 0.1) is 21.3 Å². The first kappa shape index (κ1) is 17.7. The molecule has 5 radical (unpaired) electrons. The maximum absolute atomic E-state index is 10.9. The molecule has 121 valence electrons. The van der Waals surface area contributed by atoms with Crippen LogP contribution in [0.1, 0.15) is 41.3 Å². The molecule has 1 aliphatic rings. The standard InChI is InChI=1S/C19H19B3NO2/c1-3-10-18(20)19(21,22-18)14-6-9-16(12(2)11-14)23-15-7-4-13(5-8-15)17(24)25/h4-9,11,23H,3,10H2,1-2H3,(H,24,25). The van der Waals surface area contributed by atoms with Crippen molar-refractivity contribution in [1.82, 2.24) is 0 Å². The van der Waals surface area contributed by atoms with Gasteiger partial charge in [0, 0.05) is 11.4 Å². The molecular weight excluding hydrogens is 307 g/mol. The van der Waals surface area contributed by atoms with Crippen molar-refractivity contribution >= 4 is 40.3 Å². The average Bonchev–Trinajstić information content (AvgIpc) is 3.12. The molecular formula is C19H19B3NO2. The van der Waals surface area contributed by atoms with Gasteiger partial charge in [-0.1, -0.05) is 47.9 Å². The first-order valence-corrected chi connectivity index (χ1v) is 8.45. The second kappa shape index (κ2) is 6.32. The Hall–Kier alpha value is -2.10. The van der Waals surface area contributed by atoms with Crippen molar-refractivity contribution in [3.63, 3.8) is 0 Å². The minimum Gasteiger partial charge on any atom is -0.478 e. The highest BCUT2D eigenvalue weighted by atomic mass is 16.4. The van der Waals surface area contributed by atoms with Crippen LogP contribution in [0.2, 0.25) is 5.21 Å². The number of aryl methyl sites for hydroxylation is 1. The van der Waals surface area contributed by atoms with Gasteiger partial charge in [0.1, 0.15) is 7.28 Å². The molecule has 2 unspecified atom stereocenters. The van der Waals surface area contributed by atoms with E-state index in [1.165, 1.54) is 0 Å². The van der Waals surface area contributed by atoms with Crippen LogP contribution in [-0.4, -0.2) is 34.0 Å². The van der Waals surface area contributed by atoms with E-state index in [1.54, 1.807) is 24.3 Å². The Balaban J connectivity index is 1.78. The molecule has 2 aromatic rings. The number of hydrogen-bond donors (Lipinski definition) is 2. The Labute approximate surface area is 152 Å². The first-order chi connectivity index (χ1) is 11.8. The Kier molecular flexibility index (Phi) is 4.48. The average molecular weight is 326 g/mol. The van der Waals surface area contributed by atoms with E-state index in [1.807, 2.05) is 26.3 Å². The van der Waals surface area contributed by atoms with Gasteiger partial charge < -0.3 is 10.4 Å². The van der Waals surface area contributed by atoms with E-state index in [-0.39, 0.29) is 5.56 Å². The Bertz CT molecular complexity index is 809. The van der Waals surface area contributed by atoms with Gasteiger partial charge in [-0.2, -0.15) is 0 Å². The maximum Gasteiger partial charge on any atom is 0.335 e. The molecule has 2 atom stereocenters. The van der Waals surface area contributed by atoms with Crippen molar-refractivity contribution in [3.8, 4) is 0 Å². The summed E-state index contributed by atoms with van der Waals surface area (Å²) < 4.78 is 0. The van der Waals surface area contributed by atoms with Crippen LogP contribution in [0.25, 0.3) is 0 Å². The lowest BCUT2D eigenvalue weighted by molar-refractivity contribution is 0.0697. The zero-order valence-corrected chi connectivity index (χ0v) is 14.5. The second-order valence-electron chi connectivity index (χ2n) is 6.84. The van der Waals surface area contributed by atoms with Crippen molar-refractivity contribution in [2.24, 2.45) is 0 Å². The Morgan fingerprint density at radius 1 is 1.20 bits per heavy atom. The SMILES string of the molecule is [B]C1(CCC)[B]C1([B])c1ccc(Nc2ccc(C(=O)O)cc2)c(C)c1. The van der Waals surface area contributed by atoms with Crippen molar-refractivity contribution in [2.75, 3.05) is 5.32 Å². The van der Waals surface area contributed by atoms with Crippen LogP contribution in [0, 0.1) is 6.92 Å². The Morgan fingerprint density at radius 2 is 1.88 bits per heavy atom. The fraction of sp³-hybridized carbons (Fsp3) is 0.316. The van der Waals surface area contributed by atoms with Crippen molar-refractivity contribution < 1.29 is 9.90 Å². The van der Waals surface area contributed by atoms with E-state index in [9.17, 15) is 4.79 Å². The summed E-state index contributed by atoms with van der Waals surface area (Å²) in [4.78, 5) is 10.9. The van der Waals surface area contributed by atoms with Gasteiger partial charge >= 0.3 is 5.97 Å². The van der Waals surface area contributed by atoms with Gasteiger partial charge in [-0.15, -0.1) is 0 Å². The molecule has 1 fully saturated rings. The molecule has 0 aliphatic carbocycles. The van der Waals surface area contributed by atoms with E-state index < -0.39 is 16.4 Å². The van der Waals surface area contributed by atoms with Crippen LogP contribution >= 0.6 is 0 Å². The number of anilines is 2. The van der Waals surface area contributed by atoms with Gasteiger partial charge in [0.2, 0.25) is 0 Å². The molecule has 0 bridgehead atoms. The predicted octanol–water partition coefficient (Wildman–Crippen LogP) is 3.56. The molecule has 2 aromatic carbocycles. The molecule has 2 N–H and O–H groups in total. The van der Waals surface area contributed by atoms with Crippen LogP contribution in [0.3, 0.4) is 0 Å². The number of carboxylic acids is 1. The third-order valence-corrected chi connectivity index (χ3v) is 4.95. The maximum atomic E-state index is 10.9. The number of aromatic carboxylic acids is 1. The van der Waals surface area contributed by atoms with Crippen LogP contribution in [0.5, 0.6) is 0 Å². The fourth-order valence-electron chi connectivity index (χ4n) is 3.33. The fourth-order valence-corrected chi connectivity index (χ4v) is 3.33. The quantitative estimate of drug-likeness (QED) is 0.798. The third kappa shape index (κ3) is 3.22. The summed E-state index contributed by atoms with van der Waals surface area (Å²) in [5, 5.41) is 11.3. The molecule has 25 heavy (non-hydrogen) atoms. The normalized spacial score (nSPS) is 24.4. The molecule has 1 heterocycles. The van der Waals surface area contributed by atoms with Crippen molar-refractivity contribution in [1.29, 1.82) is 0 Å². The minimum absolute atomic E-state index is 0.266. The molecule has 1 saturated heterocycles. The lowest BCUT2D eigenvalue weighted by Crippen LogP contribution is -2.15. The molecule has 3 rings (SSSR count). The van der Waals surface area contributed by atoms with E-state index >= 15 is 0 Å². The summed E-state index contributed by atoms with van der Waals surface area (Å²) in [5.74, 6) is -0.932. The van der Waals surface area contributed by atoms with Crippen LogP contribution in [0.4, 0.5) is 11.4 Å². The number of nitrogens with one attached hydrogen (secondary N) is 1. The van der Waals surface area contributed by atoms with Gasteiger partial charge in [0.25, 0.3) is 0 Å². The minimum atomic E-state index is -0.932. The van der Waals surface area contributed by atoms with Crippen molar-refractivity contribution in [2.45, 2.75) is 37.1 Å². The largest absolute Gasteiger partial charge is 0.478 e. The number of rotatable bonds is 6. The number of carboxylic acid groups (broad SMARTS) is 1. The smallest absolute Gasteiger partial charge is 0.335 e. The topological polar surface area (TPSA) is 49.3 Å². The highest BCUT2D eigenvalue weighted by molar-refractivity contribution is 6.80. The summed E-state index contributed by atoms with van der Waals surface area (Å²) in [6.45, 7) is 4.12. The lowest BCUT2D eigenvalue weighted by Gasteiger charge is -2.23. The molecule has 1 aliphatic heterocycles. The zero-order chi connectivity index (χ0) is 18.2. The first-order valence-electron chi connectivity index (χ1n) is 8.45. The van der Waals surface area contributed by atoms with Crippen LogP contribution in [0.15, 0.2) is 42.5 Å². The van der Waals surface area contributed by atoms with E-state index in [0.717, 1.165) is 35.3 Å². The summed E-state index contributed by atoms with van der Waals surface area (Å²) in [7, 11) is 14.9. The highest BCUT2D eigenvalue weighted by Gasteiger charge is 2.59. The Morgan fingerprint density at radius 3 is 2.44 bits per heavy atom. The van der Waals surface area contributed by atoms with E-state index in [0.29, 0.717) is 0 Å². The number of carbonyl (C=O) groups is 1. The molecule has 0 amide bonds. The molecule has 6 heteroatoms. The predicted molar refractivity (Wildman–Crippen MR) is 104 cm³/mol. The van der Waals surface area contributed by atoms with Crippen LogP contribution in [-0.2, 0) is 5.21 Å². The molecule has 0 saturated carbocycles. The van der Waals surface area contributed by atoms with Gasteiger partial charge in [0.15, 0.2) is 0 Å². The molecule has 3 nitrogen and oxygen atoms in total. The van der Waals surface area contributed by atoms with E-state index in [2.05, 4.69) is 18.3 Å². The monoisotopic (exact) mass is 326 g/mol. The van der Waals surface area contributed by atoms with Gasteiger partial charge in [-0.25, -0.2) is 4.79 Å². The summed E-state index contributed by atoms with van der Waals surface area (Å²) in [5.41, 5.74) is 4.13. The van der Waals surface area contributed by atoms with Crippen molar-refractivity contribution in [3.05, 3.63) is 59.2 Å². The highest BCUT2D eigenvalue weighted by Crippen LogP contribution is 2.61. The number of benzene rings is 2. The van der Waals surface area contributed by atoms with Crippen LogP contribution < -0.4 is 5.32 Å². The summed E-state index contributed by atoms with van der Waals surface area (Å²) in [6, 6.07) is 12.7. The van der Waals surface area contributed by atoms with Gasteiger partial charge in [-0.3, -0.25) is 0 Å².